The lowest BCUT2D eigenvalue weighted by Gasteiger charge is -2.07. The molecule has 2 aromatic rings. The minimum atomic E-state index is 0.386. The Morgan fingerprint density at radius 2 is 1.94 bits per heavy atom. The van der Waals surface area contributed by atoms with Crippen LogP contribution in [0.3, 0.4) is 0 Å². The van der Waals surface area contributed by atoms with Gasteiger partial charge in [-0.2, -0.15) is 5.10 Å². The molecule has 0 unspecified atom stereocenters. The van der Waals surface area contributed by atoms with Crippen LogP contribution in [0.4, 0.5) is 0 Å². The molecular weight excluding hydrogens is 280 g/mol. The Labute approximate surface area is 109 Å². The number of hydrogen-bond donors (Lipinski definition) is 0. The second-order valence-corrected chi connectivity index (χ2v) is 5.15. The van der Waals surface area contributed by atoms with E-state index < -0.39 is 0 Å². The molecule has 2 heterocycles. The Morgan fingerprint density at radius 1 is 1.24 bits per heavy atom. The van der Waals surface area contributed by atoms with Crippen molar-refractivity contribution < 1.29 is 0 Å². The van der Waals surface area contributed by atoms with Gasteiger partial charge >= 0.3 is 0 Å². The van der Waals surface area contributed by atoms with Crippen molar-refractivity contribution >= 4 is 15.9 Å². The highest BCUT2D eigenvalue weighted by Gasteiger charge is 2.12. The average Bonchev–Trinajstić information content (AvgIpc) is 2.57. The molecule has 2 rings (SSSR count). The fourth-order valence-corrected chi connectivity index (χ4v) is 1.89. The van der Waals surface area contributed by atoms with E-state index in [2.05, 4.69) is 44.8 Å². The van der Waals surface area contributed by atoms with E-state index in [0.29, 0.717) is 5.92 Å². The van der Waals surface area contributed by atoms with Crippen molar-refractivity contribution in [1.82, 2.24) is 19.7 Å². The van der Waals surface area contributed by atoms with Crippen LogP contribution >= 0.6 is 15.9 Å². The largest absolute Gasteiger partial charge is 0.241 e. The zero-order valence-electron chi connectivity index (χ0n) is 10.4. The minimum Gasteiger partial charge on any atom is -0.241 e. The van der Waals surface area contributed by atoms with E-state index in [1.165, 1.54) is 0 Å². The van der Waals surface area contributed by atoms with Crippen molar-refractivity contribution in [1.29, 1.82) is 0 Å². The van der Waals surface area contributed by atoms with E-state index >= 15 is 0 Å². The molecular formula is C12H15BrN4. The third kappa shape index (κ3) is 2.24. The Kier molecular flexibility index (Phi) is 3.28. The quantitative estimate of drug-likeness (QED) is 0.854. The topological polar surface area (TPSA) is 43.6 Å². The average molecular weight is 295 g/mol. The van der Waals surface area contributed by atoms with Gasteiger partial charge in [-0.3, -0.25) is 0 Å². The van der Waals surface area contributed by atoms with E-state index in [-0.39, 0.29) is 0 Å². The molecule has 0 aromatic carbocycles. The molecule has 0 spiro atoms. The van der Waals surface area contributed by atoms with Crippen LogP contribution < -0.4 is 0 Å². The van der Waals surface area contributed by atoms with Gasteiger partial charge in [-0.1, -0.05) is 13.8 Å². The second kappa shape index (κ2) is 4.56. The van der Waals surface area contributed by atoms with E-state index in [9.17, 15) is 0 Å². The summed E-state index contributed by atoms with van der Waals surface area (Å²) in [4.78, 5) is 8.54. The molecule has 0 N–H and O–H groups in total. The molecule has 0 amide bonds. The fourth-order valence-electron chi connectivity index (χ4n) is 1.64. The second-order valence-electron chi connectivity index (χ2n) is 4.35. The van der Waals surface area contributed by atoms with Crippen molar-refractivity contribution in [2.45, 2.75) is 33.6 Å². The summed E-state index contributed by atoms with van der Waals surface area (Å²) < 4.78 is 2.87. The molecule has 0 bridgehead atoms. The molecule has 2 aromatic heterocycles. The van der Waals surface area contributed by atoms with Gasteiger partial charge in [0, 0.05) is 11.8 Å². The molecule has 90 valence electrons. The first-order chi connectivity index (χ1) is 8.00. The van der Waals surface area contributed by atoms with Crippen molar-refractivity contribution in [3.63, 3.8) is 0 Å². The number of hydrogen-bond acceptors (Lipinski definition) is 3. The molecule has 0 aliphatic rings. The summed E-state index contributed by atoms with van der Waals surface area (Å²) in [6.45, 7) is 8.21. The van der Waals surface area contributed by atoms with Crippen LogP contribution in [0.25, 0.3) is 5.82 Å². The molecule has 0 atom stereocenters. The maximum absolute atomic E-state index is 4.46. The van der Waals surface area contributed by atoms with Crippen molar-refractivity contribution in [3.8, 4) is 5.82 Å². The summed E-state index contributed by atoms with van der Waals surface area (Å²) >= 11 is 3.52. The number of rotatable bonds is 2. The predicted octanol–water partition coefficient (Wildman–Crippen LogP) is 3.17. The predicted molar refractivity (Wildman–Crippen MR) is 70.4 cm³/mol. The van der Waals surface area contributed by atoms with Crippen LogP contribution in [0.15, 0.2) is 16.9 Å². The fraction of sp³-hybridized carbons (Fsp3) is 0.417. The van der Waals surface area contributed by atoms with Crippen LogP contribution in [-0.4, -0.2) is 19.7 Å². The smallest absolute Gasteiger partial charge is 0.157 e. The number of aromatic nitrogens is 4. The molecule has 0 fully saturated rings. The van der Waals surface area contributed by atoms with Gasteiger partial charge in [0.15, 0.2) is 5.82 Å². The lowest BCUT2D eigenvalue weighted by molar-refractivity contribution is 0.768. The zero-order valence-corrected chi connectivity index (χ0v) is 12.0. The number of aryl methyl sites for hydroxylation is 1. The van der Waals surface area contributed by atoms with E-state index in [4.69, 9.17) is 0 Å². The third-order valence-corrected chi connectivity index (χ3v) is 3.83. The van der Waals surface area contributed by atoms with Crippen LogP contribution in [0.1, 0.15) is 36.8 Å². The highest BCUT2D eigenvalue weighted by atomic mass is 79.9. The summed E-state index contributed by atoms with van der Waals surface area (Å²) in [5, 5.41) is 4.46. The van der Waals surface area contributed by atoms with Gasteiger partial charge in [-0.15, -0.1) is 0 Å². The monoisotopic (exact) mass is 294 g/mol. The lowest BCUT2D eigenvalue weighted by Crippen LogP contribution is -2.04. The van der Waals surface area contributed by atoms with Crippen LogP contribution in [-0.2, 0) is 0 Å². The van der Waals surface area contributed by atoms with Crippen molar-refractivity contribution in [2.75, 3.05) is 0 Å². The Morgan fingerprint density at radius 3 is 2.47 bits per heavy atom. The van der Waals surface area contributed by atoms with Crippen molar-refractivity contribution in [3.05, 3.63) is 33.9 Å². The lowest BCUT2D eigenvalue weighted by atomic mass is 10.1. The van der Waals surface area contributed by atoms with Crippen LogP contribution in [0.2, 0.25) is 0 Å². The van der Waals surface area contributed by atoms with Gasteiger partial charge in [0.1, 0.15) is 6.33 Å². The van der Waals surface area contributed by atoms with Gasteiger partial charge in [0.2, 0.25) is 0 Å². The Hall–Kier alpha value is -1.23. The molecule has 0 saturated heterocycles. The SMILES string of the molecule is Cc1nn(-c2cc(C(C)C)ncn2)c(C)c1Br. The maximum atomic E-state index is 4.46. The first-order valence-electron chi connectivity index (χ1n) is 5.54. The molecule has 0 saturated carbocycles. The van der Waals surface area contributed by atoms with Crippen molar-refractivity contribution in [2.24, 2.45) is 0 Å². The minimum absolute atomic E-state index is 0.386. The van der Waals surface area contributed by atoms with Gasteiger partial charge < -0.3 is 0 Å². The zero-order chi connectivity index (χ0) is 12.6. The van der Waals surface area contributed by atoms with E-state index in [1.807, 2.05) is 24.6 Å². The number of nitrogens with zero attached hydrogens (tertiary/aromatic N) is 4. The first kappa shape index (κ1) is 12.2. The molecule has 4 nitrogen and oxygen atoms in total. The third-order valence-electron chi connectivity index (χ3n) is 2.69. The van der Waals surface area contributed by atoms with Gasteiger partial charge in [-0.25, -0.2) is 14.6 Å². The van der Waals surface area contributed by atoms with Crippen LogP contribution in [0, 0.1) is 13.8 Å². The van der Waals surface area contributed by atoms with Gasteiger partial charge in [0.05, 0.1) is 15.9 Å². The first-order valence-corrected chi connectivity index (χ1v) is 6.34. The van der Waals surface area contributed by atoms with E-state index in [0.717, 1.165) is 27.4 Å². The summed E-state index contributed by atoms with van der Waals surface area (Å²) in [5.41, 5.74) is 3.04. The molecule has 17 heavy (non-hydrogen) atoms. The summed E-state index contributed by atoms with van der Waals surface area (Å²) in [7, 11) is 0. The highest BCUT2D eigenvalue weighted by Crippen LogP contribution is 2.22. The summed E-state index contributed by atoms with van der Waals surface area (Å²) in [6, 6.07) is 1.98. The van der Waals surface area contributed by atoms with Crippen LogP contribution in [0.5, 0.6) is 0 Å². The highest BCUT2D eigenvalue weighted by molar-refractivity contribution is 9.10. The molecule has 0 aliphatic carbocycles. The Balaban J connectivity index is 2.53. The molecule has 0 radical (unpaired) electrons. The molecule has 5 heteroatoms. The van der Waals surface area contributed by atoms with Gasteiger partial charge in [-0.05, 0) is 35.7 Å². The standard InChI is InChI=1S/C12H15BrN4/c1-7(2)10-5-11(15-6-14-10)17-9(4)12(13)8(3)16-17/h5-7H,1-4H3. The van der Waals surface area contributed by atoms with Gasteiger partial charge in [0.25, 0.3) is 0 Å². The van der Waals surface area contributed by atoms with E-state index in [1.54, 1.807) is 6.33 Å². The molecule has 0 aliphatic heterocycles. The number of halogens is 1. The maximum Gasteiger partial charge on any atom is 0.157 e. The Bertz CT molecular complexity index is 545. The summed E-state index contributed by atoms with van der Waals surface area (Å²) in [6.07, 6.45) is 1.59. The summed E-state index contributed by atoms with van der Waals surface area (Å²) in [5.74, 6) is 1.20. The normalized spacial score (nSPS) is 11.2.